The van der Waals surface area contributed by atoms with Gasteiger partial charge in [0, 0.05) is 0 Å². The smallest absolute Gasteiger partial charge is 0.332 e. The third-order valence-corrected chi connectivity index (χ3v) is 2.35. The van der Waals surface area contributed by atoms with Crippen molar-refractivity contribution < 1.29 is 51.4 Å². The summed E-state index contributed by atoms with van der Waals surface area (Å²) in [6.45, 7) is 4.43. The summed E-state index contributed by atoms with van der Waals surface area (Å²) in [5, 5.41) is 0. The van der Waals surface area contributed by atoms with Crippen LogP contribution in [0.5, 0.6) is 0 Å². The Balaban J connectivity index is 0. The van der Waals surface area contributed by atoms with Gasteiger partial charge in [0.2, 0.25) is 0 Å². The van der Waals surface area contributed by atoms with E-state index >= 15 is 0 Å². The third kappa shape index (κ3) is 16.3. The van der Waals surface area contributed by atoms with Gasteiger partial charge in [-0.3, -0.25) is 0 Å². The average Bonchev–Trinajstić information content (AvgIpc) is 2.10. The Morgan fingerprint density at radius 1 is 0.769 bits per heavy atom. The van der Waals surface area contributed by atoms with Gasteiger partial charge < -0.3 is 6.42 Å². The van der Waals surface area contributed by atoms with Crippen LogP contribution in [0.2, 0.25) is 0 Å². The molecule has 0 atom stereocenters. The Hall–Kier alpha value is 1.64. The number of hydrogen-bond donors (Lipinski definition) is 0. The topological polar surface area (TPSA) is 0 Å². The van der Waals surface area contributed by atoms with Crippen LogP contribution in [0.4, 0.5) is 0 Å². The van der Waals surface area contributed by atoms with Crippen molar-refractivity contribution in [2.45, 2.75) is 71.6 Å². The van der Waals surface area contributed by atoms with E-state index in [1.807, 2.05) is 0 Å². The molecule has 0 aromatic heterocycles. The van der Waals surface area contributed by atoms with E-state index in [4.69, 9.17) is 0 Å². The Kier molecular flexibility index (Phi) is 21.1. The van der Waals surface area contributed by atoms with E-state index < -0.39 is 0 Å². The Labute approximate surface area is 128 Å². The summed E-state index contributed by atoms with van der Waals surface area (Å²) >= 11 is 0. The van der Waals surface area contributed by atoms with Crippen LogP contribution in [0.25, 0.3) is 0 Å². The second kappa shape index (κ2) is 16.1. The zero-order valence-electron chi connectivity index (χ0n) is 9.94. The number of unbranched alkanes of at least 4 members (excludes halogenated alkanes) is 9. The molecular weight excluding hydrogens is 183 g/mol. The largest absolute Gasteiger partial charge is 1.00 e. The fourth-order valence-electron chi connectivity index (χ4n) is 1.48. The van der Waals surface area contributed by atoms with Crippen LogP contribution in [0.15, 0.2) is 0 Å². The first kappa shape index (κ1) is 17.0. The van der Waals surface area contributed by atoms with E-state index in [1.165, 1.54) is 57.8 Å². The Morgan fingerprint density at radius 3 is 1.69 bits per heavy atom. The van der Waals surface area contributed by atoms with Crippen molar-refractivity contribution in [3.8, 4) is 0 Å². The molecule has 74 valence electrons. The molecule has 0 aromatic carbocycles. The molecule has 0 heterocycles. The van der Waals surface area contributed by atoms with Crippen LogP contribution in [-0.4, -0.2) is 0 Å². The van der Waals surface area contributed by atoms with Crippen LogP contribution < -0.4 is 51.4 Å². The molecule has 0 aromatic rings. The molecule has 0 aliphatic rings. The summed E-state index contributed by atoms with van der Waals surface area (Å²) in [5.41, 5.74) is 0. The van der Waals surface area contributed by atoms with E-state index in [-0.39, 0.29) is 51.4 Å². The molecule has 0 saturated heterocycles. The Bertz CT molecular complexity index is 61.5. The third-order valence-electron chi connectivity index (χ3n) is 2.35. The molecule has 13 heavy (non-hydrogen) atoms. The van der Waals surface area contributed by atoms with Crippen molar-refractivity contribution in [3.63, 3.8) is 0 Å². The maximum atomic E-state index is 2.27. The summed E-state index contributed by atoms with van der Waals surface area (Å²) < 4.78 is 0. The molecule has 0 aliphatic heterocycles. The van der Waals surface area contributed by atoms with Crippen LogP contribution in [0.3, 0.4) is 0 Å². The van der Waals surface area contributed by atoms with Gasteiger partial charge in [0.15, 0.2) is 0 Å². The van der Waals surface area contributed by atoms with E-state index in [0.717, 1.165) is 0 Å². The first-order valence-corrected chi connectivity index (χ1v) is 5.69. The molecule has 0 saturated carbocycles. The first-order valence-electron chi connectivity index (χ1n) is 5.69. The fourth-order valence-corrected chi connectivity index (χ4v) is 1.48. The molecule has 0 aliphatic carbocycles. The second-order valence-electron chi connectivity index (χ2n) is 3.67. The van der Waals surface area contributed by atoms with Gasteiger partial charge in [-0.2, -0.15) is 13.3 Å². The quantitative estimate of drug-likeness (QED) is 0.308. The van der Waals surface area contributed by atoms with Crippen molar-refractivity contribution in [2.24, 2.45) is 0 Å². The molecular formula is C12H25K. The van der Waals surface area contributed by atoms with E-state index in [2.05, 4.69) is 20.3 Å². The minimum Gasteiger partial charge on any atom is -0.332 e. The molecule has 0 rings (SSSR count). The maximum absolute atomic E-state index is 2.27. The molecule has 1 heteroatoms. The molecule has 0 bridgehead atoms. The SMILES string of the molecule is C[CH-]CCCCCCCCCC.[K+]. The van der Waals surface area contributed by atoms with Crippen molar-refractivity contribution in [1.29, 1.82) is 0 Å². The fraction of sp³-hybridized carbons (Fsp3) is 0.917. The maximum Gasteiger partial charge on any atom is 1.00 e. The summed E-state index contributed by atoms with van der Waals surface area (Å²) in [7, 11) is 0. The van der Waals surface area contributed by atoms with Gasteiger partial charge in [-0.05, 0) is 0 Å². The van der Waals surface area contributed by atoms with Crippen LogP contribution in [-0.2, 0) is 0 Å². The molecule has 0 fully saturated rings. The molecule has 0 unspecified atom stereocenters. The van der Waals surface area contributed by atoms with Gasteiger partial charge in [0.1, 0.15) is 0 Å². The summed E-state index contributed by atoms with van der Waals surface area (Å²) in [6, 6.07) is 0. The predicted octanol–water partition coefficient (Wildman–Crippen LogP) is 1.75. The van der Waals surface area contributed by atoms with Crippen LogP contribution >= 0.6 is 0 Å². The predicted molar refractivity (Wildman–Crippen MR) is 57.2 cm³/mol. The first-order chi connectivity index (χ1) is 5.91. The summed E-state index contributed by atoms with van der Waals surface area (Å²) in [4.78, 5) is 0. The summed E-state index contributed by atoms with van der Waals surface area (Å²) in [6.07, 6.45) is 15.1. The normalized spacial score (nSPS) is 9.69. The average molecular weight is 208 g/mol. The van der Waals surface area contributed by atoms with Gasteiger partial charge >= 0.3 is 51.4 Å². The zero-order chi connectivity index (χ0) is 9.07. The van der Waals surface area contributed by atoms with Crippen LogP contribution in [0.1, 0.15) is 71.6 Å². The summed E-state index contributed by atoms with van der Waals surface area (Å²) in [5.74, 6) is 0. The Morgan fingerprint density at radius 2 is 1.23 bits per heavy atom. The number of rotatable bonds is 9. The van der Waals surface area contributed by atoms with Gasteiger partial charge in [0.25, 0.3) is 0 Å². The molecule has 0 N–H and O–H groups in total. The van der Waals surface area contributed by atoms with Crippen molar-refractivity contribution in [1.82, 2.24) is 0 Å². The van der Waals surface area contributed by atoms with Crippen molar-refractivity contribution in [2.75, 3.05) is 0 Å². The van der Waals surface area contributed by atoms with Crippen molar-refractivity contribution in [3.05, 3.63) is 6.42 Å². The van der Waals surface area contributed by atoms with Gasteiger partial charge in [-0.25, -0.2) is 0 Å². The van der Waals surface area contributed by atoms with Gasteiger partial charge in [-0.15, -0.1) is 0 Å². The minimum absolute atomic E-state index is 0. The van der Waals surface area contributed by atoms with E-state index in [1.54, 1.807) is 0 Å². The zero-order valence-corrected chi connectivity index (χ0v) is 13.1. The van der Waals surface area contributed by atoms with E-state index in [9.17, 15) is 0 Å². The molecule has 0 spiro atoms. The standard InChI is InChI=1S/C12H25.K/c1-3-5-7-9-11-12-10-8-6-4-2;/h3H,4-12H2,1-2H3;/q-1;+1. The molecule has 0 amide bonds. The minimum atomic E-state index is 0. The number of hydrogen-bond acceptors (Lipinski definition) is 0. The van der Waals surface area contributed by atoms with Gasteiger partial charge in [0.05, 0.1) is 0 Å². The van der Waals surface area contributed by atoms with Gasteiger partial charge in [-0.1, -0.05) is 58.3 Å². The molecule has 0 nitrogen and oxygen atoms in total. The second-order valence-corrected chi connectivity index (χ2v) is 3.67. The van der Waals surface area contributed by atoms with Crippen LogP contribution in [0, 0.1) is 6.42 Å². The molecule has 0 radical (unpaired) electrons. The monoisotopic (exact) mass is 208 g/mol. The van der Waals surface area contributed by atoms with E-state index in [0.29, 0.717) is 0 Å². The van der Waals surface area contributed by atoms with Crippen molar-refractivity contribution >= 4 is 0 Å².